The third kappa shape index (κ3) is 44.4. The molecule has 644 valence electrons. The first-order valence-corrected chi connectivity index (χ1v) is 38.3. The number of aliphatic carboxylic acids is 7. The van der Waals surface area contributed by atoms with Gasteiger partial charge in [0.1, 0.15) is 48.3 Å². The van der Waals surface area contributed by atoms with E-state index in [1.54, 1.807) is 75.4 Å². The van der Waals surface area contributed by atoms with Gasteiger partial charge in [-0.2, -0.15) is 0 Å². The van der Waals surface area contributed by atoms with E-state index < -0.39 is 175 Å². The number of hydrogen-bond donors (Lipinski definition) is 24. The molecule has 0 aliphatic carbocycles. The number of amides is 11. The van der Waals surface area contributed by atoms with Crippen molar-refractivity contribution < 1.29 is 112 Å². The van der Waals surface area contributed by atoms with Crippen LogP contribution in [0.2, 0.25) is 0 Å². The Balaban J connectivity index is 1.70. The number of benzene rings is 2. The normalized spacial score (nSPS) is 14.5. The fourth-order valence-corrected chi connectivity index (χ4v) is 12.0. The fraction of sp³-hybridized carbons (Fsp3) is 0.589. The third-order valence-corrected chi connectivity index (χ3v) is 18.2. The number of carboxylic acid groups (broad SMARTS) is 7. The third-order valence-electron chi connectivity index (χ3n) is 18.2. The molecule has 1 aliphatic rings. The first-order valence-electron chi connectivity index (χ1n) is 38.3. The molecule has 43 heteroatoms. The molecule has 8 atom stereocenters. The molecule has 0 spiro atoms. The molecule has 1 fully saturated rings. The summed E-state index contributed by atoms with van der Waals surface area (Å²) in [5.74, 6) is -16.3. The van der Waals surface area contributed by atoms with Gasteiger partial charge >= 0.3 is 53.8 Å². The van der Waals surface area contributed by atoms with E-state index >= 15 is 0 Å². The Labute approximate surface area is 669 Å². The van der Waals surface area contributed by atoms with Gasteiger partial charge in [-0.3, -0.25) is 78.3 Å². The van der Waals surface area contributed by atoms with Crippen molar-refractivity contribution >= 4 is 107 Å². The highest BCUT2D eigenvalue weighted by Crippen LogP contribution is 2.14. The van der Waals surface area contributed by atoms with Gasteiger partial charge in [0, 0.05) is 97.7 Å². The zero-order valence-electron chi connectivity index (χ0n) is 64.8. The molecular weight excluding hydrogens is 1520 g/mol. The van der Waals surface area contributed by atoms with E-state index in [4.69, 9.17) is 27.4 Å². The van der Waals surface area contributed by atoms with Crippen molar-refractivity contribution in [3.63, 3.8) is 0 Å². The molecule has 2 aromatic carbocycles. The second-order valence-corrected chi connectivity index (χ2v) is 27.7. The summed E-state index contributed by atoms with van der Waals surface area (Å²) in [5, 5.41) is 115. The molecule has 11 amide bonds. The molecule has 1 heterocycles. The van der Waals surface area contributed by atoms with Gasteiger partial charge in [-0.25, -0.2) is 24.0 Å². The molecule has 2 aromatic rings. The largest absolute Gasteiger partial charge is 0.481 e. The Morgan fingerprint density at radius 3 is 1.09 bits per heavy atom. The number of hydrogen-bond acceptors (Lipinski definition) is 21. The summed E-state index contributed by atoms with van der Waals surface area (Å²) in [6.45, 7) is 1.58. The van der Waals surface area contributed by atoms with Gasteiger partial charge in [-0.15, -0.1) is 0 Å². The minimum atomic E-state index is -1.98. The number of nitrogens with zero attached hydrogens (tertiary/aromatic N) is 3. The summed E-state index contributed by atoms with van der Waals surface area (Å²) in [6.07, 6.45) is 0.779. The maximum absolute atomic E-state index is 14.8. The van der Waals surface area contributed by atoms with Gasteiger partial charge < -0.3 is 116 Å². The Morgan fingerprint density at radius 1 is 0.319 bits per heavy atom. The van der Waals surface area contributed by atoms with Crippen LogP contribution in [0.3, 0.4) is 0 Å². The number of carbonyl (C=O) groups excluding carboxylic acids is 9. The lowest BCUT2D eigenvalue weighted by atomic mass is 10.0. The Morgan fingerprint density at radius 2 is 0.664 bits per heavy atom. The molecule has 0 saturated carbocycles. The van der Waals surface area contributed by atoms with Gasteiger partial charge in [0.05, 0.1) is 26.1 Å². The first kappa shape index (κ1) is 98.2. The van der Waals surface area contributed by atoms with Crippen molar-refractivity contribution in [2.45, 2.75) is 183 Å². The molecule has 0 radical (unpaired) electrons. The lowest BCUT2D eigenvalue weighted by Gasteiger charge is -2.27. The zero-order valence-corrected chi connectivity index (χ0v) is 64.8. The SMILES string of the molecule is N=C(N)NCCC[C@H](NC(=O)[C@H](CC(=O)O)NC(=O)[C@H](CCCNC(=N)N)NC(=O)[C@H](Cc1ccccc1)NC(=O)[C@H](Cc1ccccc1)NC(=O)CCCCCCCNC(=O)NCCCC[C@H](NC(=O)N[C@@H](CCC(=O)O)C(=O)O)C(=O)O)C(=O)N[C@@H](CCCCNC(=O)CN1CCN(CC(=O)O)CCN(CC(=O)O)CC1)C(=O)O. The lowest BCUT2D eigenvalue weighted by molar-refractivity contribution is -0.143. The topological polar surface area (TPSA) is 681 Å². The van der Waals surface area contributed by atoms with Gasteiger partial charge in [-0.1, -0.05) is 79.9 Å². The molecule has 0 aromatic heterocycles. The van der Waals surface area contributed by atoms with Crippen molar-refractivity contribution in [2.75, 3.05) is 91.6 Å². The highest BCUT2D eigenvalue weighted by molar-refractivity contribution is 5.98. The van der Waals surface area contributed by atoms with Crippen LogP contribution in [0.25, 0.3) is 0 Å². The van der Waals surface area contributed by atoms with E-state index in [1.165, 1.54) is 0 Å². The molecule has 43 nitrogen and oxygen atoms in total. The van der Waals surface area contributed by atoms with Crippen molar-refractivity contribution in [1.29, 1.82) is 10.8 Å². The molecule has 26 N–H and O–H groups in total. The zero-order chi connectivity index (χ0) is 85.9. The highest BCUT2D eigenvalue weighted by Gasteiger charge is 2.36. The van der Waals surface area contributed by atoms with E-state index in [0.717, 1.165) is 0 Å². The van der Waals surface area contributed by atoms with E-state index in [0.29, 0.717) is 95.5 Å². The lowest BCUT2D eigenvalue weighted by Crippen LogP contribution is -2.60. The van der Waals surface area contributed by atoms with Crippen LogP contribution < -0.4 is 80.6 Å². The summed E-state index contributed by atoms with van der Waals surface area (Å²) in [6, 6.07) is 3.02. The Hall–Kier alpha value is -12.0. The quantitative estimate of drug-likeness (QED) is 0.0175. The van der Waals surface area contributed by atoms with Crippen molar-refractivity contribution in [3.05, 3.63) is 71.8 Å². The highest BCUT2D eigenvalue weighted by atomic mass is 16.4. The summed E-state index contributed by atoms with van der Waals surface area (Å²) < 4.78 is 0. The second-order valence-electron chi connectivity index (χ2n) is 27.7. The van der Waals surface area contributed by atoms with Crippen molar-refractivity contribution in [1.82, 2.24) is 83.8 Å². The average Bonchev–Trinajstić information content (AvgIpc) is 0.935. The predicted molar refractivity (Wildman–Crippen MR) is 416 cm³/mol. The standard InChI is InChI=1S/C73H114N20O23/c74-70(75)79-32-16-24-48(62(104)86-50(67(109)110)22-11-14-29-78-57(95)43-91-34-36-92(44-60(100)101)38-39-93(37-35-91)45-61(102)103)85-66(108)55(42-59(98)99)88-63(105)49(25-17-33-80-71(76)77)84-65(107)54(41-47-20-8-5-9-21-47)87-64(106)53(40-46-18-6-4-7-19-46)83-56(94)26-10-2-1-3-13-30-81-72(115)82-31-15-12-23-51(68(111)112)89-73(116)90-52(69(113)114)27-28-58(96)97/h4-9,18-21,48-55H,1-3,10-17,22-45H2,(H,78,95)(H,83,94)(H,84,107)(H,85,108)(H,86,104)(H,87,106)(H,88,105)(H,96,97)(H,98,99)(H,100,101)(H,102,103)(H,109,110)(H,111,112)(H,113,114)(H4,74,75,79)(H4,76,77,80)(H2,81,82,115)(H2,89,90,116)/t48-,49-,50-,51-,52-,53-,54-,55-/m0/s1. The van der Waals surface area contributed by atoms with E-state index in [1.807, 2.05) is 0 Å². The summed E-state index contributed by atoms with van der Waals surface area (Å²) in [7, 11) is 0. The van der Waals surface area contributed by atoms with Crippen LogP contribution in [-0.4, -0.2) is 298 Å². The molecule has 116 heavy (non-hydrogen) atoms. The number of nitrogens with two attached hydrogens (primary N) is 2. The van der Waals surface area contributed by atoms with Gasteiger partial charge in [0.25, 0.3) is 0 Å². The molecule has 1 saturated heterocycles. The van der Waals surface area contributed by atoms with Gasteiger partial charge in [0.15, 0.2) is 11.9 Å². The average molecular weight is 1640 g/mol. The summed E-state index contributed by atoms with van der Waals surface area (Å²) in [5.41, 5.74) is 12.2. The van der Waals surface area contributed by atoms with E-state index in [-0.39, 0.29) is 123 Å². The summed E-state index contributed by atoms with van der Waals surface area (Å²) in [4.78, 5) is 211. The number of urea groups is 2. The number of carboxylic acids is 7. The fourth-order valence-electron chi connectivity index (χ4n) is 12.0. The monoisotopic (exact) mass is 1640 g/mol. The maximum Gasteiger partial charge on any atom is 0.326 e. The van der Waals surface area contributed by atoms with Gasteiger partial charge in [0.2, 0.25) is 41.4 Å². The molecule has 3 rings (SSSR count). The van der Waals surface area contributed by atoms with Crippen molar-refractivity contribution in [3.8, 4) is 0 Å². The van der Waals surface area contributed by atoms with Crippen molar-refractivity contribution in [2.24, 2.45) is 11.5 Å². The number of carbonyl (C=O) groups is 16. The number of rotatable bonds is 57. The Bertz CT molecular complexity index is 3540. The maximum atomic E-state index is 14.8. The van der Waals surface area contributed by atoms with Crippen LogP contribution in [0, 0.1) is 10.8 Å². The van der Waals surface area contributed by atoms with E-state index in [2.05, 4.69) is 69.1 Å². The summed E-state index contributed by atoms with van der Waals surface area (Å²) >= 11 is 0. The molecule has 1 aliphatic heterocycles. The first-order chi connectivity index (χ1) is 55.2. The van der Waals surface area contributed by atoms with Crippen LogP contribution in [0.5, 0.6) is 0 Å². The number of unbranched alkanes of at least 4 members (excludes halogenated alkanes) is 6. The minimum absolute atomic E-state index is 0.00560. The molecular formula is C73H114N20O23. The number of guanidine groups is 2. The van der Waals surface area contributed by atoms with Crippen LogP contribution in [-0.2, 0) is 80.0 Å². The van der Waals surface area contributed by atoms with Gasteiger partial charge in [-0.05, 0) is 94.6 Å². The smallest absolute Gasteiger partial charge is 0.326 e. The Kier molecular flexibility index (Phi) is 46.9. The molecule has 0 bridgehead atoms. The number of nitrogens with one attached hydrogen (secondary N) is 15. The van der Waals surface area contributed by atoms with Crippen LogP contribution in [0.4, 0.5) is 9.59 Å². The second kappa shape index (κ2) is 55.4. The van der Waals surface area contributed by atoms with E-state index in [9.17, 15) is 107 Å². The predicted octanol–water partition coefficient (Wildman–Crippen LogP) is -3.28. The molecule has 0 unspecified atom stereocenters. The minimum Gasteiger partial charge on any atom is -0.481 e. The van der Waals surface area contributed by atoms with Crippen LogP contribution in [0.1, 0.15) is 133 Å². The van der Waals surface area contributed by atoms with Crippen LogP contribution in [0.15, 0.2) is 60.7 Å². The van der Waals surface area contributed by atoms with Crippen LogP contribution >= 0.6 is 0 Å².